The van der Waals surface area contributed by atoms with Crippen molar-refractivity contribution >= 4 is 0 Å². The van der Waals surface area contributed by atoms with Crippen molar-refractivity contribution in [3.8, 4) is 0 Å². The summed E-state index contributed by atoms with van der Waals surface area (Å²) in [5.74, 6) is 0.265. The summed E-state index contributed by atoms with van der Waals surface area (Å²) in [7, 11) is 0. The molecule has 0 radical (unpaired) electrons. The summed E-state index contributed by atoms with van der Waals surface area (Å²) in [6.07, 6.45) is 0.791. The average Bonchev–Trinajstić information content (AvgIpc) is 2.25. The van der Waals surface area contributed by atoms with Crippen molar-refractivity contribution in [2.24, 2.45) is 5.41 Å². The predicted molar refractivity (Wildman–Crippen MR) is 73.8 cm³/mol. The van der Waals surface area contributed by atoms with Crippen molar-refractivity contribution < 1.29 is 10.2 Å². The quantitative estimate of drug-likeness (QED) is 0.890. The topological polar surface area (TPSA) is 56.2 Å². The van der Waals surface area contributed by atoms with E-state index in [9.17, 15) is 10.2 Å². The maximum Gasteiger partial charge on any atom is 0.0702 e. The van der Waals surface area contributed by atoms with Crippen LogP contribution in [-0.2, 0) is 13.0 Å². The van der Waals surface area contributed by atoms with Crippen LogP contribution in [0.15, 0.2) is 0 Å². The van der Waals surface area contributed by atoms with Gasteiger partial charge in [-0.2, -0.15) is 0 Å². The van der Waals surface area contributed by atoms with Gasteiger partial charge in [-0.1, -0.05) is 40.2 Å². The first-order chi connectivity index (χ1) is 8.76. The summed E-state index contributed by atoms with van der Waals surface area (Å²) in [6.45, 7) is 10.3. The van der Waals surface area contributed by atoms with Crippen LogP contribution in [-0.4, -0.2) is 10.1 Å². The van der Waals surface area contributed by atoms with E-state index in [0.717, 1.165) is 34.5 Å². The number of nitrogens with zero attached hydrogens (tertiary/aromatic N) is 1. The van der Waals surface area contributed by atoms with Crippen LogP contribution >= 0.6 is 0 Å². The van der Waals surface area contributed by atoms with Crippen molar-refractivity contribution in [2.75, 3.05) is 0 Å². The Labute approximate surface area is 115 Å². The third-order valence-electron chi connectivity index (χ3n) is 4.14. The molecule has 0 saturated heterocycles. The normalized spacial score (nSPS) is 21.6. The van der Waals surface area contributed by atoms with E-state index >= 15 is 0 Å². The molecule has 106 valence electrons. The van der Waals surface area contributed by atoms with Crippen LogP contribution in [0.4, 0.5) is 0 Å². The first kappa shape index (κ1) is 14.5. The molecule has 0 aliphatic heterocycles. The molecule has 0 amide bonds. The van der Waals surface area contributed by atoms with Gasteiger partial charge in [-0.3, -0.25) is 4.98 Å². The van der Waals surface area contributed by atoms with E-state index in [4.69, 9.17) is 4.98 Å². The highest BCUT2D eigenvalue weighted by Crippen LogP contribution is 2.41. The summed E-state index contributed by atoms with van der Waals surface area (Å²) in [6, 6.07) is 0. The second-order valence-corrected chi connectivity index (χ2v) is 6.81. The Kier molecular flexibility index (Phi) is 3.72. The molecule has 0 unspecified atom stereocenters. The monoisotopic (exact) mass is 262 g/mol. The van der Waals surface area contributed by atoms with E-state index in [0.29, 0.717) is 6.42 Å². The number of aromatic nitrogens is 1. The largest absolute Gasteiger partial charge is 0.848 e. The number of rotatable bonds is 2. The lowest BCUT2D eigenvalue weighted by Gasteiger charge is -2.41. The molecule has 0 fully saturated rings. The van der Waals surface area contributed by atoms with Gasteiger partial charge in [0.1, 0.15) is 0 Å². The van der Waals surface area contributed by atoms with Gasteiger partial charge in [-0.05, 0) is 35.8 Å². The Morgan fingerprint density at radius 3 is 2.58 bits per heavy atom. The van der Waals surface area contributed by atoms with Crippen molar-refractivity contribution in [3.05, 3.63) is 28.1 Å². The minimum atomic E-state index is -0.710. The SMILES string of the molecule is Cc1c(CO)c(C(C)C)nc2c1[C@@H]([O-])CC(C)(C)C2. The molecule has 1 aliphatic carbocycles. The number of hydrogen-bond acceptors (Lipinski definition) is 3. The fourth-order valence-corrected chi connectivity index (χ4v) is 3.21. The van der Waals surface area contributed by atoms with Gasteiger partial charge in [0, 0.05) is 17.0 Å². The Bertz CT molecular complexity index is 492. The lowest BCUT2D eigenvalue weighted by Crippen LogP contribution is -2.34. The highest BCUT2D eigenvalue weighted by atomic mass is 16.3. The summed E-state index contributed by atoms with van der Waals surface area (Å²) in [5.41, 5.74) is 4.58. The van der Waals surface area contributed by atoms with Gasteiger partial charge in [0.15, 0.2) is 0 Å². The molecule has 1 heterocycles. The number of hydrogen-bond donors (Lipinski definition) is 1. The molecule has 3 nitrogen and oxygen atoms in total. The maximum absolute atomic E-state index is 12.4. The standard InChI is InChI=1S/C16H24NO2/c1-9(2)15-11(8-18)10(3)14-12(17-15)6-16(4,5)7-13(14)19/h9,13,18H,6-8H2,1-5H3/q-1/t13-/m0/s1. The summed E-state index contributed by atoms with van der Waals surface area (Å²) >= 11 is 0. The van der Waals surface area contributed by atoms with Crippen LogP contribution in [0.25, 0.3) is 0 Å². The van der Waals surface area contributed by atoms with E-state index in [1.165, 1.54) is 0 Å². The molecule has 3 heteroatoms. The number of aliphatic hydroxyl groups excluding tert-OH is 1. The van der Waals surface area contributed by atoms with E-state index < -0.39 is 6.10 Å². The van der Waals surface area contributed by atoms with Crippen LogP contribution < -0.4 is 5.11 Å². The minimum absolute atomic E-state index is 0.0217. The Morgan fingerprint density at radius 1 is 1.42 bits per heavy atom. The van der Waals surface area contributed by atoms with Crippen LogP contribution in [0, 0.1) is 12.3 Å². The van der Waals surface area contributed by atoms with Gasteiger partial charge in [-0.15, -0.1) is 0 Å². The van der Waals surface area contributed by atoms with Gasteiger partial charge in [0.25, 0.3) is 0 Å². The van der Waals surface area contributed by atoms with E-state index in [2.05, 4.69) is 27.7 Å². The highest BCUT2D eigenvalue weighted by Gasteiger charge is 2.31. The number of aliphatic hydroxyl groups is 1. The van der Waals surface area contributed by atoms with Crippen LogP contribution in [0.2, 0.25) is 0 Å². The second kappa shape index (κ2) is 4.88. The molecule has 1 aliphatic rings. The molecular formula is C16H24NO2-. The fourth-order valence-electron chi connectivity index (χ4n) is 3.21. The first-order valence-electron chi connectivity index (χ1n) is 7.05. The zero-order valence-corrected chi connectivity index (χ0v) is 12.6. The molecule has 0 aromatic carbocycles. The molecule has 0 bridgehead atoms. The molecule has 19 heavy (non-hydrogen) atoms. The second-order valence-electron chi connectivity index (χ2n) is 6.81. The molecular weight excluding hydrogens is 238 g/mol. The molecule has 0 saturated carbocycles. The van der Waals surface area contributed by atoms with Crippen molar-refractivity contribution in [1.29, 1.82) is 0 Å². The van der Waals surface area contributed by atoms with Crippen LogP contribution in [0.5, 0.6) is 0 Å². The Morgan fingerprint density at radius 2 is 2.05 bits per heavy atom. The summed E-state index contributed by atoms with van der Waals surface area (Å²) in [5, 5.41) is 22.0. The molecule has 1 N–H and O–H groups in total. The lowest BCUT2D eigenvalue weighted by molar-refractivity contribution is -0.434. The van der Waals surface area contributed by atoms with Crippen molar-refractivity contribution in [3.63, 3.8) is 0 Å². The number of pyridine rings is 1. The molecule has 1 atom stereocenters. The van der Waals surface area contributed by atoms with Gasteiger partial charge in [-0.25, -0.2) is 0 Å². The summed E-state index contributed by atoms with van der Waals surface area (Å²) in [4.78, 5) is 4.73. The lowest BCUT2D eigenvalue weighted by atomic mass is 9.73. The first-order valence-corrected chi connectivity index (χ1v) is 7.05. The van der Waals surface area contributed by atoms with E-state index in [-0.39, 0.29) is 17.9 Å². The van der Waals surface area contributed by atoms with Crippen molar-refractivity contribution in [2.45, 2.75) is 66.1 Å². The smallest absolute Gasteiger partial charge is 0.0702 e. The molecule has 0 spiro atoms. The fraction of sp³-hybridized carbons (Fsp3) is 0.688. The molecule has 2 rings (SSSR count). The Hall–Kier alpha value is -0.930. The Balaban J connectivity index is 2.65. The van der Waals surface area contributed by atoms with Gasteiger partial charge >= 0.3 is 0 Å². The summed E-state index contributed by atoms with van der Waals surface area (Å²) < 4.78 is 0. The van der Waals surface area contributed by atoms with Crippen LogP contribution in [0.1, 0.15) is 74.2 Å². The van der Waals surface area contributed by atoms with Gasteiger partial charge < -0.3 is 10.2 Å². The maximum atomic E-state index is 12.4. The predicted octanol–water partition coefficient (Wildman–Crippen LogP) is 2.38. The molecule has 1 aromatic rings. The highest BCUT2D eigenvalue weighted by molar-refractivity contribution is 5.43. The van der Waals surface area contributed by atoms with E-state index in [1.807, 2.05) is 6.92 Å². The van der Waals surface area contributed by atoms with Gasteiger partial charge in [0.05, 0.1) is 6.61 Å². The third kappa shape index (κ3) is 2.54. The average molecular weight is 262 g/mol. The van der Waals surface area contributed by atoms with Gasteiger partial charge in [0.2, 0.25) is 0 Å². The number of fused-ring (bicyclic) bond motifs is 1. The third-order valence-corrected chi connectivity index (χ3v) is 4.14. The molecule has 1 aromatic heterocycles. The minimum Gasteiger partial charge on any atom is -0.848 e. The zero-order chi connectivity index (χ0) is 14.4. The van der Waals surface area contributed by atoms with Crippen LogP contribution in [0.3, 0.4) is 0 Å². The van der Waals surface area contributed by atoms with Crippen molar-refractivity contribution in [1.82, 2.24) is 4.98 Å². The van der Waals surface area contributed by atoms with E-state index in [1.54, 1.807) is 0 Å². The zero-order valence-electron chi connectivity index (χ0n) is 12.6.